The molecule has 0 amide bonds. The van der Waals surface area contributed by atoms with E-state index in [9.17, 15) is 9.59 Å². The second-order valence-electron chi connectivity index (χ2n) is 7.08. The molecular formula is C24H26O4. The lowest BCUT2D eigenvalue weighted by atomic mass is 9.77. The summed E-state index contributed by atoms with van der Waals surface area (Å²) in [6, 6.07) is 19.5. The van der Waals surface area contributed by atoms with Gasteiger partial charge in [-0.15, -0.1) is 0 Å². The Kier molecular flexibility index (Phi) is 6.64. The van der Waals surface area contributed by atoms with E-state index in [1.54, 1.807) is 0 Å². The highest BCUT2D eigenvalue weighted by molar-refractivity contribution is 5.67. The van der Waals surface area contributed by atoms with E-state index in [4.69, 9.17) is 9.47 Å². The summed E-state index contributed by atoms with van der Waals surface area (Å²) in [5, 5.41) is 0. The molecule has 0 N–H and O–H groups in total. The third-order valence-corrected chi connectivity index (χ3v) is 5.00. The highest BCUT2D eigenvalue weighted by atomic mass is 16.5. The fraction of sp³-hybridized carbons (Fsp3) is 0.333. The van der Waals surface area contributed by atoms with Crippen molar-refractivity contribution in [3.63, 3.8) is 0 Å². The fourth-order valence-electron chi connectivity index (χ4n) is 3.88. The Hall–Kier alpha value is -2.88. The number of esters is 2. The Bertz CT molecular complexity index is 826. The Labute approximate surface area is 166 Å². The van der Waals surface area contributed by atoms with Crippen molar-refractivity contribution in [3.05, 3.63) is 83.4 Å². The van der Waals surface area contributed by atoms with Crippen molar-refractivity contribution in [3.8, 4) is 0 Å². The van der Waals surface area contributed by atoms with E-state index in [0.29, 0.717) is 0 Å². The number of rotatable bonds is 6. The van der Waals surface area contributed by atoms with Crippen molar-refractivity contribution in [1.82, 2.24) is 0 Å². The van der Waals surface area contributed by atoms with Crippen LogP contribution in [-0.2, 0) is 19.1 Å². The van der Waals surface area contributed by atoms with Gasteiger partial charge in [-0.2, -0.15) is 0 Å². The van der Waals surface area contributed by atoms with Gasteiger partial charge in [-0.1, -0.05) is 66.7 Å². The zero-order valence-corrected chi connectivity index (χ0v) is 16.3. The number of ether oxygens (including phenoxy) is 2. The molecule has 1 aliphatic carbocycles. The minimum absolute atomic E-state index is 0.0513. The molecule has 3 rings (SSSR count). The molecule has 0 heterocycles. The fourth-order valence-corrected chi connectivity index (χ4v) is 3.88. The van der Waals surface area contributed by atoms with Crippen LogP contribution in [0.3, 0.4) is 0 Å². The molecule has 146 valence electrons. The van der Waals surface area contributed by atoms with Gasteiger partial charge in [-0.25, -0.2) is 0 Å². The number of carbonyl (C=O) groups excluding carboxylic acids is 2. The molecule has 3 atom stereocenters. The summed E-state index contributed by atoms with van der Waals surface area (Å²) in [4.78, 5) is 23.7. The van der Waals surface area contributed by atoms with E-state index in [1.807, 2.05) is 60.7 Å². The normalized spacial score (nSPS) is 18.5. The highest BCUT2D eigenvalue weighted by Crippen LogP contribution is 2.44. The second kappa shape index (κ2) is 9.36. The predicted molar refractivity (Wildman–Crippen MR) is 107 cm³/mol. The van der Waals surface area contributed by atoms with Crippen LogP contribution in [-0.4, -0.2) is 11.9 Å². The maximum atomic E-state index is 11.9. The van der Waals surface area contributed by atoms with Gasteiger partial charge in [-0.3, -0.25) is 9.59 Å². The third kappa shape index (κ3) is 4.89. The molecule has 28 heavy (non-hydrogen) atoms. The van der Waals surface area contributed by atoms with Crippen LogP contribution in [0, 0.1) is 5.92 Å². The van der Waals surface area contributed by atoms with Gasteiger partial charge in [-0.05, 0) is 36.0 Å². The lowest BCUT2D eigenvalue weighted by Gasteiger charge is -2.35. The van der Waals surface area contributed by atoms with E-state index in [1.165, 1.54) is 13.8 Å². The van der Waals surface area contributed by atoms with Gasteiger partial charge in [0.2, 0.25) is 0 Å². The molecule has 2 aromatic carbocycles. The minimum atomic E-state index is -0.481. The zero-order chi connectivity index (χ0) is 19.9. The number of hydrogen-bond donors (Lipinski definition) is 0. The van der Waals surface area contributed by atoms with E-state index in [2.05, 4.69) is 6.08 Å². The smallest absolute Gasteiger partial charge is 0.303 e. The van der Waals surface area contributed by atoms with Gasteiger partial charge in [0.05, 0.1) is 0 Å². The van der Waals surface area contributed by atoms with Crippen LogP contribution in [0.2, 0.25) is 0 Å². The van der Waals surface area contributed by atoms with E-state index in [0.717, 1.165) is 36.0 Å². The first-order valence-corrected chi connectivity index (χ1v) is 9.70. The monoisotopic (exact) mass is 378 g/mol. The number of carbonyl (C=O) groups is 2. The first-order valence-electron chi connectivity index (χ1n) is 9.70. The minimum Gasteiger partial charge on any atom is -0.457 e. The van der Waals surface area contributed by atoms with Crippen molar-refractivity contribution in [2.45, 2.75) is 45.3 Å². The quantitative estimate of drug-likeness (QED) is 0.504. The molecule has 0 radical (unpaired) electrons. The topological polar surface area (TPSA) is 52.6 Å². The largest absolute Gasteiger partial charge is 0.457 e. The highest BCUT2D eigenvalue weighted by Gasteiger charge is 2.36. The van der Waals surface area contributed by atoms with Crippen LogP contribution >= 0.6 is 0 Å². The molecule has 1 aliphatic rings. The van der Waals surface area contributed by atoms with Gasteiger partial charge in [0.15, 0.2) is 0 Å². The SMILES string of the molecule is CC(=O)OC(C1=CCCCC1C(OC(C)=O)c1ccccc1)c1ccccc1. The second-order valence-corrected chi connectivity index (χ2v) is 7.08. The van der Waals surface area contributed by atoms with Crippen LogP contribution in [0.4, 0.5) is 0 Å². The van der Waals surface area contributed by atoms with Crippen molar-refractivity contribution < 1.29 is 19.1 Å². The average Bonchev–Trinajstić information content (AvgIpc) is 2.71. The maximum Gasteiger partial charge on any atom is 0.303 e. The molecular weight excluding hydrogens is 352 g/mol. The van der Waals surface area contributed by atoms with Crippen molar-refractivity contribution >= 4 is 11.9 Å². The Morgan fingerprint density at radius 1 is 0.857 bits per heavy atom. The standard InChI is InChI=1S/C24H26O4/c1-17(25)27-23(19-11-5-3-6-12-19)21-15-9-10-16-22(21)24(28-18(2)26)20-13-7-4-8-14-20/h3-8,11-15,22-24H,9-10,16H2,1-2H3. The van der Waals surface area contributed by atoms with E-state index >= 15 is 0 Å². The molecule has 3 unspecified atom stereocenters. The number of benzene rings is 2. The van der Waals surface area contributed by atoms with E-state index < -0.39 is 12.2 Å². The van der Waals surface area contributed by atoms with Crippen molar-refractivity contribution in [2.24, 2.45) is 5.92 Å². The first-order chi connectivity index (χ1) is 13.6. The first kappa shape index (κ1) is 19.9. The summed E-state index contributed by atoms with van der Waals surface area (Å²) in [5.41, 5.74) is 2.87. The Morgan fingerprint density at radius 2 is 1.43 bits per heavy atom. The van der Waals surface area contributed by atoms with Gasteiger partial charge in [0, 0.05) is 19.8 Å². The lowest BCUT2D eigenvalue weighted by molar-refractivity contribution is -0.151. The summed E-state index contributed by atoms with van der Waals surface area (Å²) in [6.07, 6.45) is 4.04. The summed E-state index contributed by atoms with van der Waals surface area (Å²) in [7, 11) is 0. The van der Waals surface area contributed by atoms with Crippen LogP contribution in [0.15, 0.2) is 72.3 Å². The molecule has 0 aromatic heterocycles. The van der Waals surface area contributed by atoms with Crippen molar-refractivity contribution in [1.29, 1.82) is 0 Å². The van der Waals surface area contributed by atoms with Gasteiger partial charge < -0.3 is 9.47 Å². The number of allylic oxidation sites excluding steroid dienone is 1. The molecule has 0 bridgehead atoms. The Morgan fingerprint density at radius 3 is 2.00 bits per heavy atom. The molecule has 4 heteroatoms. The van der Waals surface area contributed by atoms with Crippen molar-refractivity contribution in [2.75, 3.05) is 0 Å². The number of hydrogen-bond acceptors (Lipinski definition) is 4. The van der Waals surface area contributed by atoms with Gasteiger partial charge in [0.25, 0.3) is 0 Å². The Balaban J connectivity index is 2.02. The average molecular weight is 378 g/mol. The molecule has 2 aromatic rings. The van der Waals surface area contributed by atoms with Crippen LogP contribution < -0.4 is 0 Å². The molecule has 0 saturated carbocycles. The zero-order valence-electron chi connectivity index (χ0n) is 16.3. The predicted octanol–water partition coefficient (Wildman–Crippen LogP) is 5.32. The molecule has 4 nitrogen and oxygen atoms in total. The maximum absolute atomic E-state index is 11.9. The molecule has 0 spiro atoms. The lowest BCUT2D eigenvalue weighted by Crippen LogP contribution is -2.27. The summed E-state index contributed by atoms with van der Waals surface area (Å²) >= 11 is 0. The van der Waals surface area contributed by atoms with Gasteiger partial charge in [0.1, 0.15) is 12.2 Å². The van der Waals surface area contributed by atoms with E-state index in [-0.39, 0.29) is 17.9 Å². The van der Waals surface area contributed by atoms with Crippen LogP contribution in [0.25, 0.3) is 0 Å². The molecule has 0 saturated heterocycles. The summed E-state index contributed by atoms with van der Waals surface area (Å²) < 4.78 is 11.5. The van der Waals surface area contributed by atoms with Gasteiger partial charge >= 0.3 is 11.9 Å². The summed E-state index contributed by atoms with van der Waals surface area (Å²) in [5.74, 6) is -0.699. The van der Waals surface area contributed by atoms with Crippen LogP contribution in [0.5, 0.6) is 0 Å². The third-order valence-electron chi connectivity index (χ3n) is 5.00. The molecule has 0 aliphatic heterocycles. The van der Waals surface area contributed by atoms with Crippen LogP contribution in [0.1, 0.15) is 56.4 Å². The molecule has 0 fully saturated rings. The summed E-state index contributed by atoms with van der Waals surface area (Å²) in [6.45, 7) is 2.86.